The standard InChI is InChI=1S/C21H24ClOP/c1-13(2)20(24-21(22)17-9-7-6-8-10-17)19(23)18-15(4)11-14(3)12-16(18)5/h6-13,20H,1-5H3. The summed E-state index contributed by atoms with van der Waals surface area (Å²) in [6.45, 7) is 10.3. The number of rotatable bonds is 5. The van der Waals surface area contributed by atoms with Crippen molar-refractivity contribution in [2.24, 2.45) is 5.92 Å². The highest BCUT2D eigenvalue weighted by Crippen LogP contribution is 2.29. The lowest BCUT2D eigenvalue weighted by molar-refractivity contribution is 0.0973. The van der Waals surface area contributed by atoms with E-state index >= 15 is 0 Å². The zero-order chi connectivity index (χ0) is 17.9. The number of carbonyl (C=O) groups is 1. The Kier molecular flexibility index (Phi) is 6.38. The molecular formula is C21H24ClOP. The molecule has 0 heterocycles. The van der Waals surface area contributed by atoms with Crippen molar-refractivity contribution >= 4 is 30.3 Å². The molecule has 2 aromatic carbocycles. The van der Waals surface area contributed by atoms with Crippen LogP contribution in [-0.4, -0.2) is 16.2 Å². The Bertz CT molecular complexity index is 740. The number of hydrogen-bond acceptors (Lipinski definition) is 1. The maximum Gasteiger partial charge on any atom is 0.174 e. The molecule has 0 saturated heterocycles. The van der Waals surface area contributed by atoms with E-state index < -0.39 is 0 Å². The van der Waals surface area contributed by atoms with Crippen molar-refractivity contribution in [1.82, 2.24) is 0 Å². The van der Waals surface area contributed by atoms with Crippen LogP contribution in [0.25, 0.3) is 0 Å². The molecule has 3 heteroatoms. The first-order valence-electron chi connectivity index (χ1n) is 8.22. The fourth-order valence-corrected chi connectivity index (χ4v) is 4.53. The van der Waals surface area contributed by atoms with Gasteiger partial charge in [0.1, 0.15) is 0 Å². The number of Topliss-reactive ketones (excluding diaryl/α,β-unsaturated/α-hetero) is 1. The third-order valence-electron chi connectivity index (χ3n) is 4.09. The Morgan fingerprint density at radius 2 is 1.54 bits per heavy atom. The van der Waals surface area contributed by atoms with Crippen LogP contribution in [-0.2, 0) is 0 Å². The van der Waals surface area contributed by atoms with Crippen LogP contribution < -0.4 is 0 Å². The van der Waals surface area contributed by atoms with Crippen molar-refractivity contribution in [3.8, 4) is 0 Å². The number of aryl methyl sites for hydroxylation is 3. The average molecular weight is 359 g/mol. The zero-order valence-corrected chi connectivity index (χ0v) is 16.6. The molecule has 0 spiro atoms. The van der Waals surface area contributed by atoms with Gasteiger partial charge < -0.3 is 0 Å². The van der Waals surface area contributed by atoms with Crippen molar-refractivity contribution in [2.45, 2.75) is 40.3 Å². The van der Waals surface area contributed by atoms with Gasteiger partial charge in [-0.15, -0.1) is 0 Å². The quantitative estimate of drug-likeness (QED) is 0.460. The first-order chi connectivity index (χ1) is 11.3. The third kappa shape index (κ3) is 4.35. The lowest BCUT2D eigenvalue weighted by Gasteiger charge is -2.19. The molecule has 0 N–H and O–H groups in total. The van der Waals surface area contributed by atoms with Crippen LogP contribution in [0.1, 0.15) is 46.5 Å². The van der Waals surface area contributed by atoms with Gasteiger partial charge in [-0.25, -0.2) is 0 Å². The normalized spacial score (nSPS) is 13.2. The van der Waals surface area contributed by atoms with Crippen molar-refractivity contribution in [3.63, 3.8) is 0 Å². The molecule has 0 aliphatic heterocycles. The molecule has 2 aromatic rings. The van der Waals surface area contributed by atoms with E-state index in [1.165, 1.54) is 5.56 Å². The van der Waals surface area contributed by atoms with Gasteiger partial charge in [0.25, 0.3) is 0 Å². The first kappa shape index (κ1) is 18.9. The van der Waals surface area contributed by atoms with Crippen LogP contribution >= 0.6 is 19.8 Å². The Balaban J connectivity index is 2.44. The molecule has 1 atom stereocenters. The highest BCUT2D eigenvalue weighted by molar-refractivity contribution is 7.48. The lowest BCUT2D eigenvalue weighted by atomic mass is 9.92. The van der Waals surface area contributed by atoms with Crippen molar-refractivity contribution in [3.05, 3.63) is 70.3 Å². The van der Waals surface area contributed by atoms with Gasteiger partial charge >= 0.3 is 0 Å². The highest BCUT2D eigenvalue weighted by Gasteiger charge is 2.25. The van der Waals surface area contributed by atoms with Crippen molar-refractivity contribution < 1.29 is 4.79 Å². The Morgan fingerprint density at radius 3 is 2.04 bits per heavy atom. The van der Waals surface area contributed by atoms with Crippen LogP contribution in [0.5, 0.6) is 0 Å². The third-order valence-corrected chi connectivity index (χ3v) is 6.19. The van der Waals surface area contributed by atoms with Gasteiger partial charge in [0.2, 0.25) is 0 Å². The van der Waals surface area contributed by atoms with Gasteiger partial charge in [0, 0.05) is 5.56 Å². The van der Waals surface area contributed by atoms with E-state index in [0.717, 1.165) is 35.2 Å². The van der Waals surface area contributed by atoms with E-state index in [2.05, 4.69) is 32.9 Å². The summed E-state index contributed by atoms with van der Waals surface area (Å²) in [5.74, 6) is 0.410. The molecule has 1 unspecified atom stereocenters. The second kappa shape index (κ2) is 8.10. The molecule has 1 nitrogen and oxygen atoms in total. The summed E-state index contributed by atoms with van der Waals surface area (Å²) in [4.78, 5) is 13.2. The number of ketones is 1. The van der Waals surface area contributed by atoms with Crippen LogP contribution in [0, 0.1) is 26.7 Å². The molecule has 0 aliphatic rings. The second-order valence-electron chi connectivity index (χ2n) is 6.61. The zero-order valence-electron chi connectivity index (χ0n) is 14.9. The summed E-state index contributed by atoms with van der Waals surface area (Å²) >= 11 is 6.53. The summed E-state index contributed by atoms with van der Waals surface area (Å²) in [5.41, 5.74) is 4.98. The van der Waals surface area contributed by atoms with E-state index in [1.807, 2.05) is 44.2 Å². The van der Waals surface area contributed by atoms with E-state index in [1.54, 1.807) is 0 Å². The molecular weight excluding hydrogens is 335 g/mol. The number of hydrogen-bond donors (Lipinski definition) is 0. The Morgan fingerprint density at radius 1 is 1.00 bits per heavy atom. The van der Waals surface area contributed by atoms with Crippen LogP contribution in [0.3, 0.4) is 0 Å². The number of benzene rings is 2. The fourth-order valence-electron chi connectivity index (χ4n) is 3.00. The van der Waals surface area contributed by atoms with E-state index in [4.69, 9.17) is 11.6 Å². The molecule has 126 valence electrons. The molecule has 0 radical (unpaired) electrons. The number of carbonyl (C=O) groups excluding carboxylic acids is 1. The average Bonchev–Trinajstić information content (AvgIpc) is 2.51. The maximum atomic E-state index is 13.2. The summed E-state index contributed by atoms with van der Waals surface area (Å²) in [5, 5.41) is 0. The van der Waals surface area contributed by atoms with Gasteiger partial charge in [-0.3, -0.25) is 4.79 Å². The Labute approximate surface area is 151 Å². The highest BCUT2D eigenvalue weighted by atomic mass is 35.5. The van der Waals surface area contributed by atoms with Crippen molar-refractivity contribution in [2.75, 3.05) is 0 Å². The molecule has 2 rings (SSSR count). The summed E-state index contributed by atoms with van der Waals surface area (Å²) in [7, 11) is 0.873. The monoisotopic (exact) mass is 358 g/mol. The van der Waals surface area contributed by atoms with Crippen LogP contribution in [0.2, 0.25) is 0 Å². The summed E-state index contributed by atoms with van der Waals surface area (Å²) in [6, 6.07) is 14.0. The first-order valence-corrected chi connectivity index (χ1v) is 9.56. The number of halogens is 1. The fraction of sp³-hybridized carbons (Fsp3) is 0.333. The molecule has 0 fully saturated rings. The predicted octanol–water partition coefficient (Wildman–Crippen LogP) is 6.18. The van der Waals surface area contributed by atoms with Gasteiger partial charge in [-0.2, -0.15) is 0 Å². The maximum absolute atomic E-state index is 13.2. The minimum Gasteiger partial charge on any atom is -0.293 e. The smallest absolute Gasteiger partial charge is 0.174 e. The molecule has 0 saturated carbocycles. The van der Waals surface area contributed by atoms with Crippen LogP contribution in [0.15, 0.2) is 42.5 Å². The SMILES string of the molecule is Cc1cc(C)c(C(=O)C(P=C(Cl)c2ccccc2)C(C)C)c(C)c1. The molecule has 0 bridgehead atoms. The van der Waals surface area contributed by atoms with Crippen molar-refractivity contribution in [1.29, 1.82) is 0 Å². The van der Waals surface area contributed by atoms with Gasteiger partial charge in [0.05, 0.1) is 10.4 Å². The summed E-state index contributed by atoms with van der Waals surface area (Å²) < 4.78 is 0.727. The predicted molar refractivity (Wildman–Crippen MR) is 107 cm³/mol. The van der Waals surface area contributed by atoms with Gasteiger partial charge in [0.15, 0.2) is 5.78 Å². The van der Waals surface area contributed by atoms with Gasteiger partial charge in [-0.1, -0.05) is 81.7 Å². The second-order valence-corrected chi connectivity index (χ2v) is 8.52. The molecule has 0 aliphatic carbocycles. The van der Waals surface area contributed by atoms with E-state index in [0.29, 0.717) is 0 Å². The minimum atomic E-state index is -0.141. The minimum absolute atomic E-state index is 0.141. The Hall–Kier alpha value is -1.43. The van der Waals surface area contributed by atoms with Crippen LogP contribution in [0.4, 0.5) is 0 Å². The largest absolute Gasteiger partial charge is 0.293 e. The van der Waals surface area contributed by atoms with E-state index in [9.17, 15) is 4.79 Å². The topological polar surface area (TPSA) is 17.1 Å². The lowest BCUT2D eigenvalue weighted by Crippen LogP contribution is -2.23. The van der Waals surface area contributed by atoms with E-state index in [-0.39, 0.29) is 17.4 Å². The molecule has 0 amide bonds. The summed E-state index contributed by atoms with van der Waals surface area (Å²) in [6.07, 6.45) is 0. The van der Waals surface area contributed by atoms with Gasteiger partial charge in [-0.05, 0) is 43.4 Å². The molecule has 0 aromatic heterocycles. The molecule has 24 heavy (non-hydrogen) atoms.